The van der Waals surface area contributed by atoms with Gasteiger partial charge in [0.2, 0.25) is 15.9 Å². The zero-order valence-corrected chi connectivity index (χ0v) is 16.6. The van der Waals surface area contributed by atoms with Crippen LogP contribution in [0, 0.1) is 11.7 Å². The Morgan fingerprint density at radius 2 is 1.70 bits per heavy atom. The average Bonchev–Trinajstić information content (AvgIpc) is 2.69. The van der Waals surface area contributed by atoms with Crippen LogP contribution < -0.4 is 5.32 Å². The van der Waals surface area contributed by atoms with Crippen LogP contribution in [-0.2, 0) is 26.7 Å². The molecule has 0 aliphatic carbocycles. The predicted octanol–water partition coefficient (Wildman–Crippen LogP) is 4.03. The molecule has 30 heavy (non-hydrogen) atoms. The molecular weight excluding hydrogens is 424 g/mol. The molecule has 0 aromatic heterocycles. The van der Waals surface area contributed by atoms with E-state index in [1.807, 2.05) is 0 Å². The second-order valence-electron chi connectivity index (χ2n) is 7.12. The normalized spacial score (nSPS) is 16.4. The monoisotopic (exact) mass is 444 g/mol. The molecule has 0 spiro atoms. The minimum atomic E-state index is -4.51. The lowest BCUT2D eigenvalue weighted by atomic mass is 9.97. The topological polar surface area (TPSA) is 66.5 Å². The molecule has 1 aliphatic heterocycles. The van der Waals surface area contributed by atoms with Crippen molar-refractivity contribution in [1.82, 2.24) is 4.31 Å². The first-order chi connectivity index (χ1) is 14.0. The first-order valence-corrected chi connectivity index (χ1v) is 10.9. The molecule has 0 atom stereocenters. The quantitative estimate of drug-likeness (QED) is 0.709. The summed E-state index contributed by atoms with van der Waals surface area (Å²) in [5.74, 6) is -1.67. The van der Waals surface area contributed by atoms with E-state index in [-0.39, 0.29) is 37.4 Å². The van der Waals surface area contributed by atoms with Gasteiger partial charge in [-0.15, -0.1) is 0 Å². The van der Waals surface area contributed by atoms with E-state index in [9.17, 15) is 30.8 Å². The van der Waals surface area contributed by atoms with Gasteiger partial charge in [-0.2, -0.15) is 13.2 Å². The van der Waals surface area contributed by atoms with Crippen LogP contribution in [0.5, 0.6) is 0 Å². The molecule has 10 heteroatoms. The van der Waals surface area contributed by atoms with Crippen molar-refractivity contribution in [1.29, 1.82) is 0 Å². The summed E-state index contributed by atoms with van der Waals surface area (Å²) in [5.41, 5.74) is -0.357. The molecule has 1 N–H and O–H groups in total. The van der Waals surface area contributed by atoms with Crippen LogP contribution >= 0.6 is 0 Å². The number of benzene rings is 2. The molecule has 0 unspecified atom stereocenters. The van der Waals surface area contributed by atoms with Crippen LogP contribution in [0.3, 0.4) is 0 Å². The maximum Gasteiger partial charge on any atom is 0.416 e. The van der Waals surface area contributed by atoms with Gasteiger partial charge in [0, 0.05) is 24.7 Å². The number of nitrogens with zero attached hydrogens (tertiary/aromatic N) is 1. The van der Waals surface area contributed by atoms with Gasteiger partial charge in [0.25, 0.3) is 0 Å². The maximum atomic E-state index is 13.0. The molecule has 0 radical (unpaired) electrons. The standard InChI is InChI=1S/C20H20F4N2O3S/c21-17-6-4-14(5-7-17)13-30(28,29)26-10-8-15(9-11-26)19(27)25-18-3-1-2-16(12-18)20(22,23)24/h1-7,12,15H,8-11,13H2,(H,25,27). The summed E-state index contributed by atoms with van der Waals surface area (Å²) in [4.78, 5) is 12.4. The van der Waals surface area contributed by atoms with Crippen molar-refractivity contribution in [2.45, 2.75) is 24.8 Å². The SMILES string of the molecule is O=C(Nc1cccc(C(F)(F)F)c1)C1CCN(S(=O)(=O)Cc2ccc(F)cc2)CC1. The Morgan fingerprint density at radius 3 is 2.30 bits per heavy atom. The van der Waals surface area contributed by atoms with E-state index in [2.05, 4.69) is 5.32 Å². The van der Waals surface area contributed by atoms with E-state index >= 15 is 0 Å². The number of sulfonamides is 1. The van der Waals surface area contributed by atoms with Gasteiger partial charge < -0.3 is 5.32 Å². The van der Waals surface area contributed by atoms with Gasteiger partial charge in [0.05, 0.1) is 11.3 Å². The third-order valence-corrected chi connectivity index (χ3v) is 6.79. The lowest BCUT2D eigenvalue weighted by Crippen LogP contribution is -2.41. The lowest BCUT2D eigenvalue weighted by molar-refractivity contribution is -0.137. The van der Waals surface area contributed by atoms with Gasteiger partial charge >= 0.3 is 6.18 Å². The number of hydrogen-bond donors (Lipinski definition) is 1. The molecule has 5 nitrogen and oxygen atoms in total. The van der Waals surface area contributed by atoms with Crippen molar-refractivity contribution in [2.75, 3.05) is 18.4 Å². The molecule has 0 saturated carbocycles. The number of nitrogens with one attached hydrogen (secondary N) is 1. The molecule has 1 aliphatic rings. The van der Waals surface area contributed by atoms with Crippen molar-refractivity contribution in [2.24, 2.45) is 5.92 Å². The van der Waals surface area contributed by atoms with Crippen LogP contribution in [0.15, 0.2) is 48.5 Å². The number of carbonyl (C=O) groups excluding carboxylic acids is 1. The Morgan fingerprint density at radius 1 is 1.07 bits per heavy atom. The van der Waals surface area contributed by atoms with Gasteiger partial charge in [0.15, 0.2) is 0 Å². The number of anilines is 1. The highest BCUT2D eigenvalue weighted by atomic mass is 32.2. The molecular formula is C20H20F4N2O3S. The molecule has 1 amide bonds. The van der Waals surface area contributed by atoms with Gasteiger partial charge in [-0.05, 0) is 48.7 Å². The van der Waals surface area contributed by atoms with Crippen molar-refractivity contribution in [3.05, 3.63) is 65.5 Å². The summed E-state index contributed by atoms with van der Waals surface area (Å²) in [6.07, 6.45) is -3.99. The summed E-state index contributed by atoms with van der Waals surface area (Å²) in [7, 11) is -3.63. The zero-order valence-electron chi connectivity index (χ0n) is 15.8. The number of carbonyl (C=O) groups is 1. The smallest absolute Gasteiger partial charge is 0.326 e. The van der Waals surface area contributed by atoms with E-state index < -0.39 is 39.4 Å². The first kappa shape index (κ1) is 22.2. The molecule has 2 aromatic rings. The van der Waals surface area contributed by atoms with Crippen LogP contribution in [0.2, 0.25) is 0 Å². The Hall–Kier alpha value is -2.46. The fourth-order valence-electron chi connectivity index (χ4n) is 3.30. The van der Waals surface area contributed by atoms with E-state index in [0.717, 1.165) is 12.1 Å². The highest BCUT2D eigenvalue weighted by Crippen LogP contribution is 2.31. The average molecular weight is 444 g/mol. The second-order valence-corrected chi connectivity index (χ2v) is 9.09. The van der Waals surface area contributed by atoms with E-state index in [1.165, 1.54) is 40.7 Å². The van der Waals surface area contributed by atoms with Crippen molar-refractivity contribution >= 4 is 21.6 Å². The minimum absolute atomic E-state index is 0.0428. The van der Waals surface area contributed by atoms with Crippen molar-refractivity contribution < 1.29 is 30.8 Å². The van der Waals surface area contributed by atoms with Crippen molar-refractivity contribution in [3.8, 4) is 0 Å². The van der Waals surface area contributed by atoms with Crippen molar-refractivity contribution in [3.63, 3.8) is 0 Å². The molecule has 1 fully saturated rings. The molecule has 1 saturated heterocycles. The Labute approximate surface area is 171 Å². The molecule has 2 aromatic carbocycles. The Kier molecular flexibility index (Phi) is 6.47. The van der Waals surface area contributed by atoms with Gasteiger partial charge in [-0.3, -0.25) is 4.79 Å². The summed E-state index contributed by atoms with van der Waals surface area (Å²) in [5, 5.41) is 2.48. The maximum absolute atomic E-state index is 13.0. The minimum Gasteiger partial charge on any atom is -0.326 e. The Bertz CT molecular complexity index is 999. The number of alkyl halides is 3. The van der Waals surface area contributed by atoms with Crippen LogP contribution in [0.1, 0.15) is 24.0 Å². The summed E-state index contributed by atoms with van der Waals surface area (Å²) in [6, 6.07) is 9.55. The van der Waals surface area contributed by atoms with Gasteiger partial charge in [0.1, 0.15) is 5.82 Å². The first-order valence-electron chi connectivity index (χ1n) is 9.25. The fourth-order valence-corrected chi connectivity index (χ4v) is 4.86. The highest BCUT2D eigenvalue weighted by molar-refractivity contribution is 7.88. The Balaban J connectivity index is 1.57. The van der Waals surface area contributed by atoms with E-state index in [1.54, 1.807) is 0 Å². The number of piperidine rings is 1. The van der Waals surface area contributed by atoms with Crippen LogP contribution in [-0.4, -0.2) is 31.7 Å². The molecule has 0 bridgehead atoms. The third kappa shape index (κ3) is 5.57. The predicted molar refractivity (Wildman–Crippen MR) is 103 cm³/mol. The lowest BCUT2D eigenvalue weighted by Gasteiger charge is -2.30. The highest BCUT2D eigenvalue weighted by Gasteiger charge is 2.32. The largest absolute Gasteiger partial charge is 0.416 e. The van der Waals surface area contributed by atoms with Crippen LogP contribution in [0.25, 0.3) is 0 Å². The number of amides is 1. The number of hydrogen-bond acceptors (Lipinski definition) is 3. The van der Waals surface area contributed by atoms with Crippen LogP contribution in [0.4, 0.5) is 23.2 Å². The van der Waals surface area contributed by atoms with Gasteiger partial charge in [-0.1, -0.05) is 18.2 Å². The fraction of sp³-hybridized carbons (Fsp3) is 0.350. The van der Waals surface area contributed by atoms with Gasteiger partial charge in [-0.25, -0.2) is 17.1 Å². The molecule has 3 rings (SSSR count). The van der Waals surface area contributed by atoms with E-state index in [4.69, 9.17) is 0 Å². The summed E-state index contributed by atoms with van der Waals surface area (Å²) >= 11 is 0. The zero-order chi connectivity index (χ0) is 21.9. The third-order valence-electron chi connectivity index (χ3n) is 4.94. The summed E-state index contributed by atoms with van der Waals surface area (Å²) in [6.45, 7) is 0.258. The second kappa shape index (κ2) is 8.73. The number of halogens is 4. The molecule has 162 valence electrons. The molecule has 1 heterocycles. The number of rotatable bonds is 5. The van der Waals surface area contributed by atoms with E-state index in [0.29, 0.717) is 5.56 Å². The summed E-state index contributed by atoms with van der Waals surface area (Å²) < 4.78 is 77.8.